The lowest BCUT2D eigenvalue weighted by Crippen LogP contribution is -2.78. The van der Waals surface area contributed by atoms with Gasteiger partial charge in [-0.2, -0.15) is 0 Å². The van der Waals surface area contributed by atoms with E-state index < -0.39 is 63.6 Å². The van der Waals surface area contributed by atoms with E-state index in [1.54, 1.807) is 80.5 Å². The van der Waals surface area contributed by atoms with Gasteiger partial charge in [0, 0.05) is 5.41 Å². The van der Waals surface area contributed by atoms with Crippen LogP contribution in [0.2, 0.25) is 13.1 Å². The van der Waals surface area contributed by atoms with Crippen LogP contribution in [0.1, 0.15) is 62.3 Å². The highest BCUT2D eigenvalue weighted by Crippen LogP contribution is 2.59. The largest absolute Gasteiger partial charge is 0.545 e. The molecule has 4 atom stereocenters. The molecule has 0 amide bonds. The van der Waals surface area contributed by atoms with Crippen molar-refractivity contribution in [3.63, 3.8) is 0 Å². The van der Waals surface area contributed by atoms with Crippen molar-refractivity contribution in [1.82, 2.24) is 0 Å². The predicted octanol–water partition coefficient (Wildman–Crippen LogP) is 3.99. The van der Waals surface area contributed by atoms with E-state index in [9.17, 15) is 23.7 Å². The third kappa shape index (κ3) is 4.82. The highest BCUT2D eigenvalue weighted by molar-refractivity contribution is 7.95. The number of rotatable bonds is 5. The molecule has 0 aliphatic carbocycles. The molecule has 1 aliphatic rings. The lowest BCUT2D eigenvalue weighted by molar-refractivity contribution is -0.309. The molecular weight excluding hydrogens is 484 g/mol. The number of benzene rings is 1. The first-order valence-corrected chi connectivity index (χ1v) is 16.3. The van der Waals surface area contributed by atoms with Gasteiger partial charge in [0.1, 0.15) is 5.60 Å². The molecule has 0 aromatic heterocycles. The number of aliphatic hydroxyl groups excluding tert-OH is 1. The van der Waals surface area contributed by atoms with E-state index in [-0.39, 0.29) is 10.7 Å². The fraction of sp³-hybridized carbons (Fsp3) is 0.692. The molecule has 0 radical (unpaired) electrons. The molecule has 3 N–H and O–H groups in total. The summed E-state index contributed by atoms with van der Waals surface area (Å²) in [6.07, 6.45) is -2.82. The molecule has 1 aliphatic heterocycles. The zero-order valence-electron chi connectivity index (χ0n) is 23.0. The average molecular weight is 529 g/mol. The summed E-state index contributed by atoms with van der Waals surface area (Å²) in [7, 11) is -6.35. The summed E-state index contributed by atoms with van der Waals surface area (Å²) in [5, 5.41) is 36.2. The van der Waals surface area contributed by atoms with E-state index >= 15 is 0 Å². The van der Waals surface area contributed by atoms with Crippen molar-refractivity contribution in [1.29, 1.82) is 0 Å². The lowest BCUT2D eigenvalue weighted by Gasteiger charge is -2.62. The smallest absolute Gasteiger partial charge is 0.257 e. The van der Waals surface area contributed by atoms with Crippen molar-refractivity contribution in [2.24, 2.45) is 16.2 Å². The zero-order valence-corrected chi connectivity index (χ0v) is 25.0. The Morgan fingerprint density at radius 3 is 1.80 bits per heavy atom. The molecule has 1 aromatic rings. The first kappa shape index (κ1) is 29.8. The van der Waals surface area contributed by atoms with E-state index in [4.69, 9.17) is 9.16 Å². The summed E-state index contributed by atoms with van der Waals surface area (Å²) in [6, 6.07) is 7.76. The normalized spacial score (nSPS) is 27.6. The number of ether oxygens (including phenoxy) is 1. The Labute approximate surface area is 212 Å². The molecule has 0 saturated heterocycles. The van der Waals surface area contributed by atoms with Crippen molar-refractivity contribution in [3.05, 3.63) is 41.2 Å². The molecule has 0 saturated carbocycles. The van der Waals surface area contributed by atoms with Gasteiger partial charge in [-0.05, 0) is 36.1 Å². The molecule has 0 fully saturated rings. The van der Waals surface area contributed by atoms with Crippen molar-refractivity contribution >= 4 is 18.9 Å². The van der Waals surface area contributed by atoms with Crippen LogP contribution >= 0.6 is 0 Å². The van der Waals surface area contributed by atoms with Crippen molar-refractivity contribution in [3.8, 4) is 0 Å². The Morgan fingerprint density at radius 1 is 0.943 bits per heavy atom. The highest BCUT2D eigenvalue weighted by atomic mass is 32.2. The molecule has 35 heavy (non-hydrogen) atoms. The molecular formula is C26H44O7SSi. The van der Waals surface area contributed by atoms with E-state index in [2.05, 4.69) is 0 Å². The predicted molar refractivity (Wildman–Crippen MR) is 140 cm³/mol. The highest BCUT2D eigenvalue weighted by Gasteiger charge is 2.74. The second-order valence-corrected chi connectivity index (χ2v) is 17.1. The van der Waals surface area contributed by atoms with Crippen LogP contribution in [-0.2, 0) is 19.0 Å². The van der Waals surface area contributed by atoms with Crippen LogP contribution in [0.3, 0.4) is 0 Å². The van der Waals surface area contributed by atoms with E-state index in [0.717, 1.165) is 0 Å². The van der Waals surface area contributed by atoms with Crippen LogP contribution < -0.4 is 0 Å². The minimum Gasteiger partial charge on any atom is -0.545 e. The number of aliphatic hydroxyl groups is 3. The molecule has 1 unspecified atom stereocenters. The molecule has 0 bridgehead atoms. The minimum atomic E-state index is -4.32. The number of hydrogen-bond acceptors (Lipinski definition) is 7. The summed E-state index contributed by atoms with van der Waals surface area (Å²) in [6.45, 7) is 19.3. The van der Waals surface area contributed by atoms with Gasteiger partial charge in [-0.3, -0.25) is 0 Å². The second kappa shape index (κ2) is 9.17. The van der Waals surface area contributed by atoms with Gasteiger partial charge in [-0.25, -0.2) is 8.42 Å². The summed E-state index contributed by atoms with van der Waals surface area (Å²) in [5.74, 6) is -0.301. The summed E-state index contributed by atoms with van der Waals surface area (Å²) in [5.41, 5.74) is -7.37. The Bertz CT molecular complexity index is 1050. The number of sulfone groups is 1. The van der Waals surface area contributed by atoms with Gasteiger partial charge in [0.2, 0.25) is 18.9 Å². The van der Waals surface area contributed by atoms with Crippen LogP contribution in [0, 0.1) is 16.2 Å². The van der Waals surface area contributed by atoms with Gasteiger partial charge >= 0.3 is 0 Å². The zero-order chi connectivity index (χ0) is 27.4. The first-order chi connectivity index (χ1) is 15.5. The first-order valence-electron chi connectivity index (χ1n) is 12.1. The third-order valence-corrected chi connectivity index (χ3v) is 9.14. The molecule has 7 nitrogen and oxygen atoms in total. The Kier molecular flexibility index (Phi) is 7.82. The summed E-state index contributed by atoms with van der Waals surface area (Å²) < 4.78 is 40.3. The fourth-order valence-corrected chi connectivity index (χ4v) is 6.90. The Morgan fingerprint density at radius 2 is 1.43 bits per heavy atom. The van der Waals surface area contributed by atoms with Gasteiger partial charge in [0.15, 0.2) is 17.5 Å². The van der Waals surface area contributed by atoms with Crippen molar-refractivity contribution < 1.29 is 32.9 Å². The summed E-state index contributed by atoms with van der Waals surface area (Å²) >= 11 is 0. The van der Waals surface area contributed by atoms with Crippen LogP contribution in [-0.4, -0.2) is 56.2 Å². The average Bonchev–Trinajstić information content (AvgIpc) is 2.69. The molecule has 0 spiro atoms. The van der Waals surface area contributed by atoms with Crippen LogP contribution in [0.15, 0.2) is 46.1 Å². The maximum Gasteiger partial charge on any atom is 0.257 e. The molecule has 2 rings (SSSR count). The van der Waals surface area contributed by atoms with Gasteiger partial charge < -0.3 is 24.5 Å². The SMILES string of the molecule is C[SiH](C)OC1=C(S(=O)(=O)c2ccccc2)O[C@H](C(O)C(C)(C)C)[C@](O)(C(C)(C)C)[C@@]1(O)C(C)(C)C. The van der Waals surface area contributed by atoms with Crippen LogP contribution in [0.4, 0.5) is 0 Å². The lowest BCUT2D eigenvalue weighted by atomic mass is 9.53. The van der Waals surface area contributed by atoms with Gasteiger partial charge in [-0.1, -0.05) is 80.5 Å². The van der Waals surface area contributed by atoms with Gasteiger partial charge in [0.05, 0.1) is 11.0 Å². The Hall–Kier alpha value is -1.39. The molecule has 1 heterocycles. The van der Waals surface area contributed by atoms with Crippen LogP contribution in [0.5, 0.6) is 0 Å². The van der Waals surface area contributed by atoms with Gasteiger partial charge in [0.25, 0.3) is 5.09 Å². The second-order valence-electron chi connectivity index (χ2n) is 12.9. The fourth-order valence-electron chi connectivity index (χ4n) is 4.67. The topological polar surface area (TPSA) is 113 Å². The standard InChI is InChI=1S/C26H44O7SSi/c1-22(2,3)18(27)19-25(28,23(4,5)6)26(29,24(7,8)9)20(33-35(10)11)21(32-19)34(30,31)17-15-13-12-14-16-17/h12-16,18-19,27-29,35H,1-11H3/t18?,19-,25+,26+/m1/s1. The van der Waals surface area contributed by atoms with Gasteiger partial charge in [-0.15, -0.1) is 0 Å². The maximum absolute atomic E-state index is 14.0. The van der Waals surface area contributed by atoms with Crippen molar-refractivity contribution in [2.45, 2.75) is 104 Å². The maximum atomic E-state index is 14.0. The van der Waals surface area contributed by atoms with E-state index in [0.29, 0.717) is 0 Å². The number of hydrogen-bond donors (Lipinski definition) is 3. The molecule has 1 aromatic carbocycles. The molecule has 9 heteroatoms. The molecule has 200 valence electrons. The summed E-state index contributed by atoms with van der Waals surface area (Å²) in [4.78, 5) is -0.0389. The monoisotopic (exact) mass is 528 g/mol. The Balaban J connectivity index is 3.14. The van der Waals surface area contributed by atoms with Crippen molar-refractivity contribution in [2.75, 3.05) is 0 Å². The minimum absolute atomic E-state index is 0.0389. The quantitative estimate of drug-likeness (QED) is 0.495. The van der Waals surface area contributed by atoms with E-state index in [1.807, 2.05) is 13.1 Å². The third-order valence-electron chi connectivity index (χ3n) is 6.77. The van der Waals surface area contributed by atoms with E-state index in [1.165, 1.54) is 12.1 Å². The van der Waals surface area contributed by atoms with Crippen LogP contribution in [0.25, 0.3) is 0 Å².